The molecule has 0 aliphatic heterocycles. The van der Waals surface area contributed by atoms with Gasteiger partial charge in [-0.15, -0.1) is 0 Å². The fourth-order valence-corrected chi connectivity index (χ4v) is 5.10. The quantitative estimate of drug-likeness (QED) is 0.106. The Balaban J connectivity index is 1.32. The van der Waals surface area contributed by atoms with Crippen molar-refractivity contribution in [1.29, 1.82) is 0 Å². The number of nitrogens with one attached hydrogen (secondary N) is 2. The maximum absolute atomic E-state index is 13.0. The summed E-state index contributed by atoms with van der Waals surface area (Å²) >= 11 is 18.0. The fraction of sp³-hybridized carbons (Fsp3) is 0.371. The van der Waals surface area contributed by atoms with Crippen LogP contribution in [0.3, 0.4) is 0 Å². The van der Waals surface area contributed by atoms with E-state index in [-0.39, 0.29) is 11.7 Å². The highest BCUT2D eigenvalue weighted by Crippen LogP contribution is 2.24. The Morgan fingerprint density at radius 3 is 2.33 bits per heavy atom. The standard InChI is InChI=1S/C35H39Cl3N4O6/c1-35(2,3)47-34(45)39-18-5-4-6-29(40-33(44)24-10-12-25(36)13-11-24)31(43)32-41-30(48-42-32)21-22-7-14-26(15-8-22)46-19-17-23-9-16-27(37)28(38)20-23/h7-16,20,29,31,43H,4-6,17-19,21H2,1-3H3,(H,39,45)(H,40,44). The van der Waals surface area contributed by atoms with Gasteiger partial charge in [-0.1, -0.05) is 58.2 Å². The van der Waals surface area contributed by atoms with Gasteiger partial charge in [0, 0.05) is 23.6 Å². The molecule has 0 radical (unpaired) electrons. The maximum Gasteiger partial charge on any atom is 0.407 e. The molecule has 0 saturated carbocycles. The minimum atomic E-state index is -1.25. The lowest BCUT2D eigenvalue weighted by molar-refractivity contribution is 0.0526. The summed E-state index contributed by atoms with van der Waals surface area (Å²) in [6.07, 6.45) is 0.807. The number of halogens is 3. The number of hydrogen-bond acceptors (Lipinski definition) is 8. The van der Waals surface area contributed by atoms with Crippen LogP contribution in [0.4, 0.5) is 4.79 Å². The molecule has 0 saturated heterocycles. The average molecular weight is 718 g/mol. The minimum Gasteiger partial charge on any atom is -0.493 e. The van der Waals surface area contributed by atoms with Gasteiger partial charge in [-0.2, -0.15) is 4.98 Å². The first-order chi connectivity index (χ1) is 22.9. The van der Waals surface area contributed by atoms with E-state index < -0.39 is 23.8 Å². The van der Waals surface area contributed by atoms with E-state index in [2.05, 4.69) is 20.8 Å². The first kappa shape index (κ1) is 37.0. The van der Waals surface area contributed by atoms with E-state index in [4.69, 9.17) is 48.8 Å². The number of carbonyl (C=O) groups is 2. The Bertz CT molecular complexity index is 1640. The Labute approximate surface area is 295 Å². The second-order valence-corrected chi connectivity index (χ2v) is 13.4. The lowest BCUT2D eigenvalue weighted by Crippen LogP contribution is -2.40. The zero-order chi connectivity index (χ0) is 34.7. The van der Waals surface area contributed by atoms with Crippen molar-refractivity contribution in [2.24, 2.45) is 0 Å². The second-order valence-electron chi connectivity index (χ2n) is 12.2. The van der Waals surface area contributed by atoms with E-state index in [9.17, 15) is 14.7 Å². The summed E-state index contributed by atoms with van der Waals surface area (Å²) in [5.74, 6) is 0.689. The average Bonchev–Trinajstić information content (AvgIpc) is 3.50. The van der Waals surface area contributed by atoms with Crippen LogP contribution in [0, 0.1) is 0 Å². The first-order valence-electron chi connectivity index (χ1n) is 15.6. The summed E-state index contributed by atoms with van der Waals surface area (Å²) in [6, 6.07) is 18.7. The number of benzene rings is 3. The third-order valence-corrected chi connectivity index (χ3v) is 8.08. The van der Waals surface area contributed by atoms with Gasteiger partial charge in [0.2, 0.25) is 11.7 Å². The van der Waals surface area contributed by atoms with Crippen molar-refractivity contribution in [3.05, 3.63) is 110 Å². The molecule has 3 aromatic carbocycles. The molecule has 4 rings (SSSR count). The van der Waals surface area contributed by atoms with Crippen LogP contribution in [0.15, 0.2) is 71.3 Å². The molecule has 2 amide bonds. The van der Waals surface area contributed by atoms with Gasteiger partial charge < -0.3 is 29.7 Å². The number of nitrogens with zero attached hydrogens (tertiary/aromatic N) is 2. The van der Waals surface area contributed by atoms with Gasteiger partial charge in [0.05, 0.1) is 29.1 Å². The number of carbonyl (C=O) groups excluding carboxylic acids is 2. The van der Waals surface area contributed by atoms with E-state index in [1.807, 2.05) is 36.4 Å². The second kappa shape index (κ2) is 17.5. The number of amides is 2. The summed E-state index contributed by atoms with van der Waals surface area (Å²) in [7, 11) is 0. The molecule has 4 aromatic rings. The summed E-state index contributed by atoms with van der Waals surface area (Å²) in [6.45, 7) is 6.22. The van der Waals surface area contributed by atoms with Crippen LogP contribution in [-0.4, -0.2) is 52.0 Å². The predicted octanol–water partition coefficient (Wildman–Crippen LogP) is 7.77. The number of alkyl carbamates (subject to hydrolysis) is 1. The molecular formula is C35H39Cl3N4O6. The van der Waals surface area contributed by atoms with Crippen molar-refractivity contribution >= 4 is 46.8 Å². The normalized spacial score (nSPS) is 12.6. The number of aromatic nitrogens is 2. The number of hydrogen-bond donors (Lipinski definition) is 3. The monoisotopic (exact) mass is 716 g/mol. The van der Waals surface area contributed by atoms with Crippen LogP contribution in [0.1, 0.15) is 79.3 Å². The van der Waals surface area contributed by atoms with Gasteiger partial charge in [-0.05, 0) is 99.7 Å². The molecule has 0 fully saturated rings. The Kier molecular flexibility index (Phi) is 13.5. The lowest BCUT2D eigenvalue weighted by Gasteiger charge is -2.22. The SMILES string of the molecule is CC(C)(C)OC(=O)NCCCCC(NC(=O)c1ccc(Cl)cc1)C(O)c1noc(Cc2ccc(OCCc3ccc(Cl)c(Cl)c3)cc2)n1. The molecule has 2 unspecified atom stereocenters. The van der Waals surface area contributed by atoms with Crippen LogP contribution < -0.4 is 15.4 Å². The Hall–Kier alpha value is -3.83. The molecule has 48 heavy (non-hydrogen) atoms. The molecule has 0 spiro atoms. The number of aliphatic hydroxyl groups is 1. The molecule has 0 bridgehead atoms. The molecule has 1 heterocycles. The van der Waals surface area contributed by atoms with Crippen molar-refractivity contribution in [3.63, 3.8) is 0 Å². The third kappa shape index (κ3) is 12.0. The van der Waals surface area contributed by atoms with Gasteiger partial charge >= 0.3 is 6.09 Å². The number of rotatable bonds is 15. The highest BCUT2D eigenvalue weighted by molar-refractivity contribution is 6.42. The van der Waals surface area contributed by atoms with Crippen molar-refractivity contribution in [1.82, 2.24) is 20.8 Å². The van der Waals surface area contributed by atoms with Crippen LogP contribution in [0.2, 0.25) is 15.1 Å². The van der Waals surface area contributed by atoms with Crippen molar-refractivity contribution in [2.45, 2.75) is 70.6 Å². The lowest BCUT2D eigenvalue weighted by atomic mass is 10.0. The van der Waals surface area contributed by atoms with E-state index in [1.54, 1.807) is 51.1 Å². The van der Waals surface area contributed by atoms with Gasteiger partial charge in [0.1, 0.15) is 17.5 Å². The van der Waals surface area contributed by atoms with E-state index in [1.165, 1.54) is 0 Å². The molecule has 13 heteroatoms. The van der Waals surface area contributed by atoms with Gasteiger partial charge in [0.25, 0.3) is 5.91 Å². The number of unbranched alkanes of at least 4 members (excludes halogenated alkanes) is 1. The maximum atomic E-state index is 13.0. The van der Waals surface area contributed by atoms with Crippen molar-refractivity contribution < 1.29 is 28.7 Å². The van der Waals surface area contributed by atoms with Crippen molar-refractivity contribution in [2.75, 3.05) is 13.2 Å². The third-order valence-electron chi connectivity index (χ3n) is 7.08. The molecule has 1 aromatic heterocycles. The molecule has 10 nitrogen and oxygen atoms in total. The predicted molar refractivity (Wildman–Crippen MR) is 185 cm³/mol. The van der Waals surface area contributed by atoms with Crippen LogP contribution in [-0.2, 0) is 17.6 Å². The number of ether oxygens (including phenoxy) is 2. The van der Waals surface area contributed by atoms with Gasteiger partial charge in [-0.25, -0.2) is 4.79 Å². The summed E-state index contributed by atoms with van der Waals surface area (Å²) in [5.41, 5.74) is 1.72. The van der Waals surface area contributed by atoms with E-state index in [0.29, 0.717) is 77.5 Å². The molecule has 0 aliphatic rings. The van der Waals surface area contributed by atoms with Gasteiger partial charge in [-0.3, -0.25) is 4.79 Å². The molecular weight excluding hydrogens is 679 g/mol. The first-order valence-corrected chi connectivity index (χ1v) is 16.7. The largest absolute Gasteiger partial charge is 0.493 e. The highest BCUT2D eigenvalue weighted by atomic mass is 35.5. The smallest absolute Gasteiger partial charge is 0.407 e. The van der Waals surface area contributed by atoms with Crippen LogP contribution in [0.5, 0.6) is 5.75 Å². The van der Waals surface area contributed by atoms with Crippen LogP contribution >= 0.6 is 34.8 Å². The zero-order valence-electron chi connectivity index (χ0n) is 27.0. The topological polar surface area (TPSA) is 136 Å². The van der Waals surface area contributed by atoms with Crippen LogP contribution in [0.25, 0.3) is 0 Å². The Morgan fingerprint density at radius 2 is 1.65 bits per heavy atom. The molecule has 256 valence electrons. The summed E-state index contributed by atoms with van der Waals surface area (Å²) in [4.78, 5) is 29.4. The Morgan fingerprint density at radius 1 is 0.938 bits per heavy atom. The van der Waals surface area contributed by atoms with Crippen molar-refractivity contribution in [3.8, 4) is 5.75 Å². The van der Waals surface area contributed by atoms with Gasteiger partial charge in [0.15, 0.2) is 0 Å². The van der Waals surface area contributed by atoms with E-state index in [0.717, 1.165) is 11.1 Å². The molecule has 0 aliphatic carbocycles. The molecule has 3 N–H and O–H groups in total. The fourth-order valence-electron chi connectivity index (χ4n) is 4.66. The van der Waals surface area contributed by atoms with E-state index >= 15 is 0 Å². The summed E-state index contributed by atoms with van der Waals surface area (Å²) < 4.78 is 16.6. The zero-order valence-corrected chi connectivity index (χ0v) is 29.2. The number of aliphatic hydroxyl groups excluding tert-OH is 1. The summed E-state index contributed by atoms with van der Waals surface area (Å²) in [5, 5.41) is 22.4. The minimum absolute atomic E-state index is 0.0561. The molecule has 2 atom stereocenters. The highest BCUT2D eigenvalue weighted by Gasteiger charge is 2.27.